The monoisotopic (exact) mass is 289 g/mol. The predicted octanol–water partition coefficient (Wildman–Crippen LogP) is 0.770. The molecule has 0 spiro atoms. The number of aliphatic hydroxyl groups is 1. The summed E-state index contributed by atoms with van der Waals surface area (Å²) in [7, 11) is -2.62. The van der Waals surface area contributed by atoms with E-state index in [0.717, 1.165) is 5.69 Å². The molecule has 0 radical (unpaired) electrons. The van der Waals surface area contributed by atoms with Crippen molar-refractivity contribution in [3.8, 4) is 5.75 Å². The molecule has 0 aliphatic carbocycles. The number of methoxy groups -OCH3 is 1. The lowest BCUT2D eigenvalue weighted by Gasteiger charge is -2.25. The van der Waals surface area contributed by atoms with E-state index < -0.39 is 22.0 Å². The zero-order chi connectivity index (χ0) is 14.5. The number of rotatable bonds is 7. The maximum absolute atomic E-state index is 10.7. The molecule has 1 rings (SSSR count). The number of ether oxygens (including phenoxy) is 1. The van der Waals surface area contributed by atoms with Crippen LogP contribution in [-0.4, -0.2) is 50.1 Å². The molecule has 108 valence electrons. The van der Waals surface area contributed by atoms with Gasteiger partial charge >= 0.3 is 0 Å². The van der Waals surface area contributed by atoms with Gasteiger partial charge in [0.25, 0.3) is 10.1 Å². The first-order chi connectivity index (χ1) is 8.85. The maximum atomic E-state index is 10.7. The second kappa shape index (κ2) is 6.74. The van der Waals surface area contributed by atoms with E-state index >= 15 is 0 Å². The molecule has 0 saturated heterocycles. The van der Waals surface area contributed by atoms with Crippen molar-refractivity contribution >= 4 is 15.8 Å². The summed E-state index contributed by atoms with van der Waals surface area (Å²) in [5, 5.41) is 9.66. The molecule has 0 saturated carbocycles. The van der Waals surface area contributed by atoms with Crippen LogP contribution in [0, 0.1) is 0 Å². The summed E-state index contributed by atoms with van der Waals surface area (Å²) in [5.41, 5.74) is 0.816. The fourth-order valence-corrected chi connectivity index (χ4v) is 2.37. The number of hydrogen-bond acceptors (Lipinski definition) is 5. The minimum absolute atomic E-state index is 0.115. The van der Waals surface area contributed by atoms with Gasteiger partial charge in [0.1, 0.15) is 11.5 Å². The lowest BCUT2D eigenvalue weighted by atomic mass is 10.2. The second-order valence-corrected chi connectivity index (χ2v) is 5.64. The number of benzene rings is 1. The van der Waals surface area contributed by atoms with Crippen LogP contribution in [0.5, 0.6) is 5.75 Å². The number of nitrogens with zero attached hydrogens (tertiary/aromatic N) is 1. The van der Waals surface area contributed by atoms with Crippen molar-refractivity contribution in [2.24, 2.45) is 0 Å². The van der Waals surface area contributed by atoms with Crippen molar-refractivity contribution in [1.82, 2.24) is 0 Å². The molecule has 0 aliphatic heterocycles. The molecule has 0 fully saturated rings. The Labute approximate surface area is 113 Å². The largest absolute Gasteiger partial charge is 0.497 e. The third-order valence-corrected chi connectivity index (χ3v) is 3.44. The Morgan fingerprint density at radius 1 is 1.42 bits per heavy atom. The van der Waals surface area contributed by atoms with E-state index in [1.54, 1.807) is 24.1 Å². The summed E-state index contributed by atoms with van der Waals surface area (Å²) in [6.07, 6.45) is -1.15. The fourth-order valence-electron chi connectivity index (χ4n) is 1.77. The molecule has 0 aromatic heterocycles. The van der Waals surface area contributed by atoms with Crippen LogP contribution in [0.15, 0.2) is 24.3 Å². The molecular formula is C12H19NO5S. The average molecular weight is 289 g/mol. The maximum Gasteiger partial charge on any atom is 0.267 e. The van der Waals surface area contributed by atoms with Gasteiger partial charge in [-0.1, -0.05) is 6.07 Å². The molecule has 0 amide bonds. The summed E-state index contributed by atoms with van der Waals surface area (Å²) in [5.74, 6) is 0.00761. The van der Waals surface area contributed by atoms with Crippen molar-refractivity contribution in [2.45, 2.75) is 13.0 Å². The highest BCUT2D eigenvalue weighted by Crippen LogP contribution is 2.21. The zero-order valence-electron chi connectivity index (χ0n) is 11.0. The lowest BCUT2D eigenvalue weighted by molar-refractivity contribution is 0.200. The van der Waals surface area contributed by atoms with Crippen molar-refractivity contribution in [3.05, 3.63) is 24.3 Å². The van der Waals surface area contributed by atoms with Crippen LogP contribution < -0.4 is 9.64 Å². The highest BCUT2D eigenvalue weighted by Gasteiger charge is 2.17. The molecule has 0 heterocycles. The van der Waals surface area contributed by atoms with Gasteiger partial charge in [-0.05, 0) is 19.1 Å². The van der Waals surface area contributed by atoms with E-state index in [2.05, 4.69) is 0 Å². The number of likely N-dealkylation sites (N-methyl/N-ethyl adjacent to an activating group) is 1. The van der Waals surface area contributed by atoms with Crippen LogP contribution in [0.3, 0.4) is 0 Å². The first kappa shape index (κ1) is 15.7. The number of hydrogen-bond donors (Lipinski definition) is 2. The van der Waals surface area contributed by atoms with Crippen LogP contribution in [0.2, 0.25) is 0 Å². The topological polar surface area (TPSA) is 87.1 Å². The summed E-state index contributed by atoms with van der Waals surface area (Å²) < 4.78 is 35.2. The molecule has 0 unspecified atom stereocenters. The van der Waals surface area contributed by atoms with Crippen molar-refractivity contribution < 1.29 is 22.8 Å². The number of aliphatic hydroxyl groups excluding tert-OH is 1. The molecule has 1 atom stereocenters. The molecule has 1 aromatic carbocycles. The zero-order valence-corrected chi connectivity index (χ0v) is 11.8. The van der Waals surface area contributed by atoms with Gasteiger partial charge in [0.05, 0.1) is 13.2 Å². The molecule has 0 bridgehead atoms. The van der Waals surface area contributed by atoms with Crippen LogP contribution in [0.1, 0.15) is 6.92 Å². The first-order valence-corrected chi connectivity index (χ1v) is 7.49. The van der Waals surface area contributed by atoms with Gasteiger partial charge in [-0.25, -0.2) is 0 Å². The molecule has 6 nitrogen and oxygen atoms in total. The van der Waals surface area contributed by atoms with Gasteiger partial charge in [0.15, 0.2) is 0 Å². The normalized spacial score (nSPS) is 13.1. The summed E-state index contributed by atoms with van der Waals surface area (Å²) in [4.78, 5) is 1.80. The second-order valence-electron chi connectivity index (χ2n) is 4.14. The van der Waals surface area contributed by atoms with Crippen molar-refractivity contribution in [3.63, 3.8) is 0 Å². The Hall–Kier alpha value is -1.31. The van der Waals surface area contributed by atoms with Gasteiger partial charge in [0.2, 0.25) is 0 Å². The molecule has 7 heteroatoms. The van der Waals surface area contributed by atoms with Crippen LogP contribution >= 0.6 is 0 Å². The number of anilines is 1. The minimum atomic E-state index is -4.17. The lowest BCUT2D eigenvalue weighted by Crippen LogP contribution is -2.36. The van der Waals surface area contributed by atoms with E-state index in [0.29, 0.717) is 12.3 Å². The Morgan fingerprint density at radius 3 is 2.63 bits per heavy atom. The quantitative estimate of drug-likeness (QED) is 0.721. The molecule has 19 heavy (non-hydrogen) atoms. The van der Waals surface area contributed by atoms with Crippen LogP contribution in [-0.2, 0) is 10.1 Å². The minimum Gasteiger partial charge on any atom is -0.497 e. The Kier molecular flexibility index (Phi) is 5.59. The van der Waals surface area contributed by atoms with Crippen molar-refractivity contribution in [2.75, 3.05) is 30.9 Å². The average Bonchev–Trinajstić information content (AvgIpc) is 2.34. The molecule has 0 aliphatic rings. The van der Waals surface area contributed by atoms with E-state index in [4.69, 9.17) is 9.29 Å². The smallest absolute Gasteiger partial charge is 0.267 e. The third-order valence-electron chi connectivity index (χ3n) is 2.63. The summed E-state index contributed by atoms with van der Waals surface area (Å²) in [6.45, 7) is 2.60. The standard InChI is InChI=1S/C12H19NO5S/c1-3-13(8-11(14)9-19(15,16)17)10-5-4-6-12(7-10)18-2/h4-7,11,14H,3,8-9H2,1-2H3,(H,15,16,17)/t11-/m1/s1. The SMILES string of the molecule is CCN(C[C@@H](O)CS(=O)(=O)O)c1cccc(OC)c1. The van der Waals surface area contributed by atoms with E-state index in [-0.39, 0.29) is 6.54 Å². The van der Waals surface area contributed by atoms with Crippen LogP contribution in [0.25, 0.3) is 0 Å². The third kappa shape index (κ3) is 5.46. The highest BCUT2D eigenvalue weighted by molar-refractivity contribution is 7.85. The van der Waals surface area contributed by atoms with Gasteiger partial charge in [-0.15, -0.1) is 0 Å². The van der Waals surface area contributed by atoms with Gasteiger partial charge in [-0.3, -0.25) is 4.55 Å². The van der Waals surface area contributed by atoms with Gasteiger partial charge < -0.3 is 14.7 Å². The molecular weight excluding hydrogens is 270 g/mol. The first-order valence-electron chi connectivity index (χ1n) is 5.88. The highest BCUT2D eigenvalue weighted by atomic mass is 32.2. The van der Waals surface area contributed by atoms with Gasteiger partial charge in [-0.2, -0.15) is 8.42 Å². The van der Waals surface area contributed by atoms with Gasteiger partial charge in [0, 0.05) is 24.8 Å². The summed E-state index contributed by atoms with van der Waals surface area (Å²) in [6, 6.07) is 7.24. The fraction of sp³-hybridized carbons (Fsp3) is 0.500. The Morgan fingerprint density at radius 2 is 2.11 bits per heavy atom. The molecule has 1 aromatic rings. The van der Waals surface area contributed by atoms with E-state index in [1.165, 1.54) is 0 Å². The van der Waals surface area contributed by atoms with E-state index in [1.807, 2.05) is 19.1 Å². The molecule has 2 N–H and O–H groups in total. The van der Waals surface area contributed by atoms with Crippen LogP contribution in [0.4, 0.5) is 5.69 Å². The van der Waals surface area contributed by atoms with Crippen molar-refractivity contribution in [1.29, 1.82) is 0 Å². The van der Waals surface area contributed by atoms with E-state index in [9.17, 15) is 13.5 Å². The Bertz CT molecular complexity index is 503. The Balaban J connectivity index is 2.77. The predicted molar refractivity (Wildman–Crippen MR) is 73.3 cm³/mol. The summed E-state index contributed by atoms with van der Waals surface area (Å²) >= 11 is 0.